The highest BCUT2D eigenvalue weighted by molar-refractivity contribution is 5.54. The van der Waals surface area contributed by atoms with Gasteiger partial charge in [0.15, 0.2) is 5.82 Å². The van der Waals surface area contributed by atoms with E-state index in [1.54, 1.807) is 40.2 Å². The standard InChI is InChI=1S/C15H12N8/c1-2-6-16-12(5-1)19-13-11-14(22-9-3-7-17-22)21-15(20-13)23-10-4-8-18-23/h1-11H,(H,16,19,20,21). The molecule has 0 aromatic carbocycles. The molecule has 0 aliphatic rings. The quantitative estimate of drug-likeness (QED) is 0.620. The Morgan fingerprint density at radius 3 is 2.30 bits per heavy atom. The van der Waals surface area contributed by atoms with Gasteiger partial charge in [-0.05, 0) is 24.3 Å². The van der Waals surface area contributed by atoms with Gasteiger partial charge in [0, 0.05) is 37.1 Å². The van der Waals surface area contributed by atoms with E-state index in [-0.39, 0.29) is 0 Å². The lowest BCUT2D eigenvalue weighted by Crippen LogP contribution is -2.09. The minimum atomic E-state index is 0.446. The van der Waals surface area contributed by atoms with Crippen LogP contribution in [-0.4, -0.2) is 34.5 Å². The van der Waals surface area contributed by atoms with Crippen LogP contribution in [-0.2, 0) is 0 Å². The van der Waals surface area contributed by atoms with Crippen LogP contribution in [0, 0.1) is 0 Å². The first-order valence-corrected chi connectivity index (χ1v) is 6.96. The topological polar surface area (TPSA) is 86.3 Å². The highest BCUT2D eigenvalue weighted by atomic mass is 15.4. The molecule has 0 aliphatic heterocycles. The van der Waals surface area contributed by atoms with Crippen molar-refractivity contribution in [3.63, 3.8) is 0 Å². The number of nitrogens with one attached hydrogen (secondary N) is 1. The van der Waals surface area contributed by atoms with E-state index < -0.39 is 0 Å². The zero-order valence-corrected chi connectivity index (χ0v) is 12.0. The lowest BCUT2D eigenvalue weighted by Gasteiger charge is -2.09. The number of rotatable bonds is 4. The summed E-state index contributed by atoms with van der Waals surface area (Å²) in [6.07, 6.45) is 8.69. The van der Waals surface area contributed by atoms with Gasteiger partial charge < -0.3 is 5.32 Å². The maximum absolute atomic E-state index is 4.49. The van der Waals surface area contributed by atoms with Gasteiger partial charge in [-0.1, -0.05) is 6.07 Å². The van der Waals surface area contributed by atoms with Crippen molar-refractivity contribution in [3.8, 4) is 11.8 Å². The van der Waals surface area contributed by atoms with Crippen LogP contribution in [0.2, 0.25) is 0 Å². The Bertz CT molecular complexity index is 832. The monoisotopic (exact) mass is 304 g/mol. The molecule has 4 rings (SSSR count). The van der Waals surface area contributed by atoms with E-state index in [1.165, 1.54) is 0 Å². The van der Waals surface area contributed by atoms with Crippen LogP contribution in [0.1, 0.15) is 0 Å². The summed E-state index contributed by atoms with van der Waals surface area (Å²) >= 11 is 0. The molecule has 4 heterocycles. The summed E-state index contributed by atoms with van der Waals surface area (Å²) < 4.78 is 3.26. The van der Waals surface area contributed by atoms with E-state index in [9.17, 15) is 0 Å². The molecule has 8 heteroatoms. The molecule has 4 aromatic rings. The molecule has 0 fully saturated rings. The summed E-state index contributed by atoms with van der Waals surface area (Å²) in [5, 5.41) is 11.6. The summed E-state index contributed by atoms with van der Waals surface area (Å²) in [5.41, 5.74) is 0. The Labute approximate surface area is 131 Å². The van der Waals surface area contributed by atoms with Crippen molar-refractivity contribution < 1.29 is 0 Å². The fourth-order valence-electron chi connectivity index (χ4n) is 2.07. The van der Waals surface area contributed by atoms with Gasteiger partial charge in [-0.25, -0.2) is 14.3 Å². The average Bonchev–Trinajstić information content (AvgIpc) is 3.29. The van der Waals surface area contributed by atoms with Crippen molar-refractivity contribution in [2.45, 2.75) is 0 Å². The number of pyridine rings is 1. The molecule has 4 aromatic heterocycles. The Balaban J connectivity index is 1.79. The van der Waals surface area contributed by atoms with Crippen LogP contribution < -0.4 is 5.32 Å². The predicted octanol–water partition coefficient (Wildman–Crippen LogP) is 1.99. The number of anilines is 2. The molecule has 0 radical (unpaired) electrons. The van der Waals surface area contributed by atoms with Crippen LogP contribution >= 0.6 is 0 Å². The summed E-state index contributed by atoms with van der Waals surface area (Å²) in [6, 6.07) is 11.1. The molecule has 8 nitrogen and oxygen atoms in total. The highest BCUT2D eigenvalue weighted by Crippen LogP contribution is 2.16. The van der Waals surface area contributed by atoms with Crippen molar-refractivity contribution >= 4 is 11.6 Å². The third kappa shape index (κ3) is 2.77. The lowest BCUT2D eigenvalue weighted by molar-refractivity contribution is 0.776. The first kappa shape index (κ1) is 13.1. The Morgan fingerprint density at radius 2 is 1.61 bits per heavy atom. The van der Waals surface area contributed by atoms with Gasteiger partial charge in [-0.3, -0.25) is 0 Å². The van der Waals surface area contributed by atoms with E-state index in [4.69, 9.17) is 0 Å². The average molecular weight is 304 g/mol. The maximum atomic E-state index is 4.49. The molecule has 0 bridgehead atoms. The van der Waals surface area contributed by atoms with Crippen LogP contribution in [0.25, 0.3) is 11.8 Å². The molecule has 0 atom stereocenters. The smallest absolute Gasteiger partial charge is 0.254 e. The second-order valence-corrected chi connectivity index (χ2v) is 4.65. The van der Waals surface area contributed by atoms with Gasteiger partial charge in [-0.15, -0.1) is 0 Å². The van der Waals surface area contributed by atoms with Crippen molar-refractivity contribution in [3.05, 3.63) is 67.4 Å². The minimum absolute atomic E-state index is 0.446. The van der Waals surface area contributed by atoms with E-state index in [0.29, 0.717) is 23.4 Å². The first-order valence-electron chi connectivity index (χ1n) is 6.96. The highest BCUT2D eigenvalue weighted by Gasteiger charge is 2.09. The third-order valence-corrected chi connectivity index (χ3v) is 3.07. The van der Waals surface area contributed by atoms with Crippen LogP contribution in [0.5, 0.6) is 0 Å². The van der Waals surface area contributed by atoms with Gasteiger partial charge in [0.25, 0.3) is 5.95 Å². The van der Waals surface area contributed by atoms with Crippen LogP contribution in [0.15, 0.2) is 67.4 Å². The summed E-state index contributed by atoms with van der Waals surface area (Å²) in [5.74, 6) is 2.38. The molecule has 0 unspecified atom stereocenters. The van der Waals surface area contributed by atoms with Crippen LogP contribution in [0.4, 0.5) is 11.6 Å². The molecular weight excluding hydrogens is 292 g/mol. The number of aromatic nitrogens is 7. The van der Waals surface area contributed by atoms with Crippen LogP contribution in [0.3, 0.4) is 0 Å². The zero-order chi connectivity index (χ0) is 15.5. The van der Waals surface area contributed by atoms with Crippen molar-refractivity contribution in [1.82, 2.24) is 34.5 Å². The van der Waals surface area contributed by atoms with Gasteiger partial charge >= 0.3 is 0 Å². The first-order chi connectivity index (χ1) is 11.4. The van der Waals surface area contributed by atoms with Crippen molar-refractivity contribution in [1.29, 1.82) is 0 Å². The molecule has 0 saturated carbocycles. The maximum Gasteiger partial charge on any atom is 0.254 e. The molecule has 0 spiro atoms. The molecule has 0 amide bonds. The van der Waals surface area contributed by atoms with Gasteiger partial charge in [0.2, 0.25) is 0 Å². The third-order valence-electron chi connectivity index (χ3n) is 3.07. The molecule has 23 heavy (non-hydrogen) atoms. The summed E-state index contributed by atoms with van der Waals surface area (Å²) in [4.78, 5) is 13.2. The molecule has 0 saturated heterocycles. The zero-order valence-electron chi connectivity index (χ0n) is 12.0. The van der Waals surface area contributed by atoms with Crippen molar-refractivity contribution in [2.75, 3.05) is 5.32 Å². The van der Waals surface area contributed by atoms with Crippen molar-refractivity contribution in [2.24, 2.45) is 0 Å². The predicted molar refractivity (Wildman–Crippen MR) is 83.8 cm³/mol. The van der Waals surface area contributed by atoms with E-state index >= 15 is 0 Å². The van der Waals surface area contributed by atoms with Gasteiger partial charge in [0.05, 0.1) is 0 Å². The van der Waals surface area contributed by atoms with Gasteiger partial charge in [0.1, 0.15) is 11.6 Å². The SMILES string of the molecule is c1ccc(Nc2cc(-n3cccn3)nc(-n3cccn3)n2)nc1. The fraction of sp³-hybridized carbons (Fsp3) is 0. The van der Waals surface area contributed by atoms with E-state index in [0.717, 1.165) is 0 Å². The molecular formula is C15H12N8. The summed E-state index contributed by atoms with van der Waals surface area (Å²) in [7, 11) is 0. The number of nitrogens with zero attached hydrogens (tertiary/aromatic N) is 7. The second kappa shape index (κ2) is 5.68. The number of hydrogen-bond donors (Lipinski definition) is 1. The van der Waals surface area contributed by atoms with E-state index in [1.807, 2.05) is 36.5 Å². The second-order valence-electron chi connectivity index (χ2n) is 4.65. The minimum Gasteiger partial charge on any atom is -0.325 e. The van der Waals surface area contributed by atoms with Gasteiger partial charge in [-0.2, -0.15) is 20.2 Å². The number of hydrogen-bond acceptors (Lipinski definition) is 6. The Hall–Kier alpha value is -3.55. The largest absolute Gasteiger partial charge is 0.325 e. The molecule has 0 aliphatic carbocycles. The normalized spacial score (nSPS) is 10.6. The Kier molecular flexibility index (Phi) is 3.24. The molecule has 1 N–H and O–H groups in total. The summed E-state index contributed by atoms with van der Waals surface area (Å²) in [6.45, 7) is 0. The molecule has 112 valence electrons. The fourth-order valence-corrected chi connectivity index (χ4v) is 2.07. The lowest BCUT2D eigenvalue weighted by atomic mass is 10.4. The Morgan fingerprint density at radius 1 is 0.783 bits per heavy atom. The van der Waals surface area contributed by atoms with E-state index in [2.05, 4.69) is 30.5 Å².